The first-order valence-corrected chi connectivity index (χ1v) is 9.07. The minimum atomic E-state index is 0.392. The summed E-state index contributed by atoms with van der Waals surface area (Å²) in [4.78, 5) is 0. The van der Waals surface area contributed by atoms with Gasteiger partial charge in [-0.15, -0.1) is 0 Å². The minimum Gasteiger partial charge on any atom is -0.400 e. The van der Waals surface area contributed by atoms with Crippen molar-refractivity contribution >= 4 is 0 Å². The van der Waals surface area contributed by atoms with Gasteiger partial charge < -0.3 is 24.4 Å². The Morgan fingerprint density at radius 1 is 0.696 bits per heavy atom. The van der Waals surface area contributed by atoms with Crippen molar-refractivity contribution in [3.63, 3.8) is 0 Å². The molecule has 0 radical (unpaired) electrons. The summed E-state index contributed by atoms with van der Waals surface area (Å²) in [7, 11) is 2.00. The van der Waals surface area contributed by atoms with Gasteiger partial charge in [0, 0.05) is 14.2 Å². The molecule has 0 aliphatic carbocycles. The van der Waals surface area contributed by atoms with Crippen LogP contribution in [0.1, 0.15) is 65.2 Å². The quantitative estimate of drug-likeness (QED) is 0.448. The number of unbranched alkanes of at least 4 members (excludes halogenated alkanes) is 7. The van der Waals surface area contributed by atoms with E-state index in [4.69, 9.17) is 24.4 Å². The highest BCUT2D eigenvalue weighted by Crippen LogP contribution is 2.12. The summed E-state index contributed by atoms with van der Waals surface area (Å²) in [6.07, 6.45) is 12.2. The lowest BCUT2D eigenvalue weighted by Crippen LogP contribution is -2.06. The van der Waals surface area contributed by atoms with E-state index in [1.807, 2.05) is 0 Å². The molecule has 0 aromatic heterocycles. The highest BCUT2D eigenvalue weighted by Gasteiger charge is 2.26. The second kappa shape index (κ2) is 21.8. The van der Waals surface area contributed by atoms with E-state index < -0.39 is 0 Å². The summed E-state index contributed by atoms with van der Waals surface area (Å²) < 4.78 is 15.1. The average Bonchev–Trinajstić information content (AvgIpc) is 3.51. The van der Waals surface area contributed by atoms with Gasteiger partial charge in [0.1, 0.15) is 12.2 Å². The number of hydrogen-bond acceptors (Lipinski definition) is 5. The van der Waals surface area contributed by atoms with Gasteiger partial charge >= 0.3 is 0 Å². The third-order valence-electron chi connectivity index (χ3n) is 3.37. The molecule has 2 aliphatic heterocycles. The summed E-state index contributed by atoms with van der Waals surface area (Å²) in [5, 5.41) is 14.0. The monoisotopic (exact) mass is 336 g/mol. The van der Waals surface area contributed by atoms with Gasteiger partial charge in [-0.3, -0.25) is 0 Å². The molecule has 2 fully saturated rings. The van der Waals surface area contributed by atoms with Crippen LogP contribution in [-0.4, -0.2) is 63.1 Å². The minimum absolute atomic E-state index is 0.392. The molecule has 2 unspecified atom stereocenters. The first-order chi connectivity index (χ1) is 11.4. The van der Waals surface area contributed by atoms with Crippen LogP contribution in [0.2, 0.25) is 0 Å². The normalized spacial score (nSPS) is 20.1. The molecule has 0 saturated carbocycles. The van der Waals surface area contributed by atoms with E-state index in [1.165, 1.54) is 51.4 Å². The highest BCUT2D eigenvalue weighted by molar-refractivity contribution is 4.71. The van der Waals surface area contributed by atoms with Gasteiger partial charge in [-0.05, 0) is 0 Å². The number of rotatable bonds is 11. The molecule has 0 aromatic rings. The van der Waals surface area contributed by atoms with E-state index in [9.17, 15) is 0 Å². The Bertz CT molecular complexity index is 174. The zero-order valence-corrected chi connectivity index (χ0v) is 15.8. The lowest BCUT2D eigenvalue weighted by molar-refractivity contribution is 0.102. The molecule has 2 heterocycles. The van der Waals surface area contributed by atoms with Crippen molar-refractivity contribution in [1.82, 2.24) is 0 Å². The van der Waals surface area contributed by atoms with E-state index in [0.717, 1.165) is 40.6 Å². The van der Waals surface area contributed by atoms with Crippen LogP contribution in [0.5, 0.6) is 0 Å². The van der Waals surface area contributed by atoms with E-state index in [2.05, 4.69) is 13.8 Å². The lowest BCUT2D eigenvalue weighted by Gasteiger charge is -1.97. The van der Waals surface area contributed by atoms with Gasteiger partial charge in [-0.1, -0.05) is 65.2 Å². The number of hydrogen-bond donors (Lipinski definition) is 2. The fraction of sp³-hybridized carbons (Fsp3) is 1.00. The number of aliphatic hydroxyl groups excluding tert-OH is 2. The molecular weight excluding hydrogens is 296 g/mol. The fourth-order valence-corrected chi connectivity index (χ4v) is 1.87. The molecule has 0 bridgehead atoms. The molecule has 23 heavy (non-hydrogen) atoms. The largest absolute Gasteiger partial charge is 0.400 e. The first-order valence-electron chi connectivity index (χ1n) is 9.07. The van der Waals surface area contributed by atoms with Crippen LogP contribution in [0.25, 0.3) is 0 Å². The van der Waals surface area contributed by atoms with E-state index in [1.54, 1.807) is 0 Å². The zero-order chi connectivity index (χ0) is 17.8. The predicted molar refractivity (Wildman–Crippen MR) is 94.9 cm³/mol. The van der Waals surface area contributed by atoms with Crippen LogP contribution in [0.3, 0.4) is 0 Å². The zero-order valence-electron chi connectivity index (χ0n) is 15.8. The van der Waals surface area contributed by atoms with Gasteiger partial charge in [0.2, 0.25) is 0 Å². The molecule has 2 rings (SSSR count). The second-order valence-electron chi connectivity index (χ2n) is 5.57. The van der Waals surface area contributed by atoms with E-state index in [-0.39, 0.29) is 0 Å². The number of aliphatic hydroxyl groups is 2. The van der Waals surface area contributed by atoms with Crippen molar-refractivity contribution < 1.29 is 24.4 Å². The third-order valence-corrected chi connectivity index (χ3v) is 3.37. The molecule has 5 heteroatoms. The Labute approximate surface area is 143 Å². The Morgan fingerprint density at radius 2 is 1.00 bits per heavy atom. The van der Waals surface area contributed by atoms with Crippen LogP contribution >= 0.6 is 0 Å². The molecule has 142 valence electrons. The van der Waals surface area contributed by atoms with Gasteiger partial charge in [-0.25, -0.2) is 0 Å². The summed E-state index contributed by atoms with van der Waals surface area (Å²) in [6, 6.07) is 0. The van der Waals surface area contributed by atoms with Gasteiger partial charge in [0.25, 0.3) is 0 Å². The van der Waals surface area contributed by atoms with Crippen molar-refractivity contribution in [3.8, 4) is 0 Å². The number of epoxide rings is 2. The van der Waals surface area contributed by atoms with Gasteiger partial charge in [0.05, 0.1) is 26.4 Å². The van der Waals surface area contributed by atoms with Crippen LogP contribution in [0.15, 0.2) is 0 Å². The van der Waals surface area contributed by atoms with E-state index >= 15 is 0 Å². The Morgan fingerprint density at radius 3 is 1.26 bits per heavy atom. The van der Waals surface area contributed by atoms with Crippen molar-refractivity contribution in [2.24, 2.45) is 0 Å². The van der Waals surface area contributed by atoms with Gasteiger partial charge in [-0.2, -0.15) is 0 Å². The summed E-state index contributed by atoms with van der Waals surface area (Å²) in [5.41, 5.74) is 0. The highest BCUT2D eigenvalue weighted by atomic mass is 16.6. The summed E-state index contributed by atoms with van der Waals surface area (Å²) in [5.74, 6) is 0. The molecule has 0 spiro atoms. The lowest BCUT2D eigenvalue weighted by atomic mass is 10.1. The molecule has 0 amide bonds. The number of ether oxygens (including phenoxy) is 3. The van der Waals surface area contributed by atoms with Gasteiger partial charge in [0.15, 0.2) is 0 Å². The van der Waals surface area contributed by atoms with Crippen molar-refractivity contribution in [2.75, 3.05) is 40.6 Å². The molecule has 0 aromatic carbocycles. The molecule has 5 nitrogen and oxygen atoms in total. The van der Waals surface area contributed by atoms with Crippen molar-refractivity contribution in [1.29, 1.82) is 0 Å². The molecular formula is C18H40O5. The SMILES string of the molecule is C(OCC1CO1)C1CO1.CCCCCCCCCC.CO.CO. The summed E-state index contributed by atoms with van der Waals surface area (Å²) >= 11 is 0. The average molecular weight is 337 g/mol. The molecule has 2 saturated heterocycles. The maximum Gasteiger partial charge on any atom is 0.104 e. The van der Waals surface area contributed by atoms with E-state index in [0.29, 0.717) is 12.2 Å². The standard InChI is InChI=1S/C10H22.C6H10O3.2CH4O/c1-3-5-7-9-10-8-6-4-2;1(5-3-8-5)7-2-6-4-9-6;2*1-2/h3-10H2,1-2H3;5-6H,1-4H2;2*2H,1H3. The maximum absolute atomic E-state index is 7.00. The smallest absolute Gasteiger partial charge is 0.104 e. The predicted octanol–water partition coefficient (Wildman–Crippen LogP) is 3.16. The van der Waals surface area contributed by atoms with Crippen LogP contribution in [0.4, 0.5) is 0 Å². The topological polar surface area (TPSA) is 74.8 Å². The van der Waals surface area contributed by atoms with Crippen LogP contribution in [-0.2, 0) is 14.2 Å². The Balaban J connectivity index is 0. The molecule has 2 N–H and O–H groups in total. The fourth-order valence-electron chi connectivity index (χ4n) is 1.87. The maximum atomic E-state index is 7.00. The first kappa shape index (κ1) is 25.0. The Kier molecular flexibility index (Phi) is 23.7. The Hall–Kier alpha value is -0.200. The van der Waals surface area contributed by atoms with Crippen LogP contribution in [0, 0.1) is 0 Å². The third kappa shape index (κ3) is 24.2. The summed E-state index contributed by atoms with van der Waals surface area (Å²) in [6.45, 7) is 7.80. The molecule has 2 aliphatic rings. The van der Waals surface area contributed by atoms with Crippen LogP contribution < -0.4 is 0 Å². The second-order valence-corrected chi connectivity index (χ2v) is 5.57. The molecule has 2 atom stereocenters. The van der Waals surface area contributed by atoms with Crippen molar-refractivity contribution in [3.05, 3.63) is 0 Å². The van der Waals surface area contributed by atoms with Crippen molar-refractivity contribution in [2.45, 2.75) is 77.4 Å².